The zero-order valence-electron chi connectivity index (χ0n) is 17.1. The van der Waals surface area contributed by atoms with E-state index in [0.717, 1.165) is 16.7 Å². The molecular formula is C25H27NO3S. The highest BCUT2D eigenvalue weighted by Crippen LogP contribution is 2.19. The summed E-state index contributed by atoms with van der Waals surface area (Å²) in [6.07, 6.45) is 4.54. The summed E-state index contributed by atoms with van der Waals surface area (Å²) in [6.45, 7) is 3.06. The highest BCUT2D eigenvalue weighted by Gasteiger charge is 2.19. The summed E-state index contributed by atoms with van der Waals surface area (Å²) in [5.41, 5.74) is 3.04. The highest BCUT2D eigenvalue weighted by molar-refractivity contribution is 7.89. The minimum absolute atomic E-state index is 0.258. The van der Waals surface area contributed by atoms with Crippen molar-refractivity contribution in [2.24, 2.45) is 0 Å². The van der Waals surface area contributed by atoms with Crippen LogP contribution in [0.2, 0.25) is 0 Å². The number of aryl methyl sites for hydroxylation is 1. The summed E-state index contributed by atoms with van der Waals surface area (Å²) in [5, 5.41) is 0. The second-order valence-electron chi connectivity index (χ2n) is 7.08. The van der Waals surface area contributed by atoms with Gasteiger partial charge in [0.05, 0.1) is 24.2 Å². The van der Waals surface area contributed by atoms with E-state index >= 15 is 0 Å². The second kappa shape index (κ2) is 10.9. The van der Waals surface area contributed by atoms with Gasteiger partial charge in [0.25, 0.3) is 0 Å². The molecule has 0 fully saturated rings. The van der Waals surface area contributed by atoms with Crippen molar-refractivity contribution in [3.63, 3.8) is 0 Å². The average Bonchev–Trinajstić information content (AvgIpc) is 2.77. The van der Waals surface area contributed by atoms with E-state index in [9.17, 15) is 8.42 Å². The van der Waals surface area contributed by atoms with Crippen molar-refractivity contribution in [3.8, 4) is 0 Å². The predicted molar refractivity (Wildman–Crippen MR) is 121 cm³/mol. The lowest BCUT2D eigenvalue weighted by Crippen LogP contribution is -2.27. The van der Waals surface area contributed by atoms with E-state index in [-0.39, 0.29) is 4.90 Å². The van der Waals surface area contributed by atoms with Gasteiger partial charge in [0.15, 0.2) is 0 Å². The Bertz CT molecular complexity index is 1030. The molecular weight excluding hydrogens is 394 g/mol. The number of hydrogen-bond acceptors (Lipinski definition) is 3. The first-order chi connectivity index (χ1) is 14.5. The van der Waals surface area contributed by atoms with Crippen LogP contribution >= 0.6 is 0 Å². The van der Waals surface area contributed by atoms with Crippen molar-refractivity contribution in [3.05, 3.63) is 114 Å². The Kier molecular flexibility index (Phi) is 7.97. The Morgan fingerprint density at radius 1 is 0.900 bits per heavy atom. The Balaban J connectivity index is 1.62. The van der Waals surface area contributed by atoms with E-state index in [1.165, 1.54) is 0 Å². The quantitative estimate of drug-likeness (QED) is 0.363. The van der Waals surface area contributed by atoms with Crippen LogP contribution in [-0.4, -0.2) is 15.0 Å². The van der Waals surface area contributed by atoms with Crippen molar-refractivity contribution in [2.45, 2.75) is 30.9 Å². The predicted octanol–water partition coefficient (Wildman–Crippen LogP) is 5.18. The summed E-state index contributed by atoms with van der Waals surface area (Å²) < 4.78 is 34.2. The molecule has 3 aromatic rings. The molecule has 1 atom stereocenters. The van der Waals surface area contributed by atoms with Crippen LogP contribution in [-0.2, 0) is 21.4 Å². The third kappa shape index (κ3) is 6.66. The molecule has 0 bridgehead atoms. The number of nitrogens with one attached hydrogen (secondary N) is 1. The van der Waals surface area contributed by atoms with Gasteiger partial charge in [-0.15, -0.1) is 0 Å². The molecule has 4 nitrogen and oxygen atoms in total. The van der Waals surface area contributed by atoms with Crippen LogP contribution in [0.4, 0.5) is 0 Å². The van der Waals surface area contributed by atoms with E-state index in [1.54, 1.807) is 24.3 Å². The summed E-state index contributed by atoms with van der Waals surface area (Å²) >= 11 is 0. The van der Waals surface area contributed by atoms with Gasteiger partial charge in [0, 0.05) is 0 Å². The van der Waals surface area contributed by atoms with Crippen LogP contribution < -0.4 is 4.72 Å². The van der Waals surface area contributed by atoms with Crippen molar-refractivity contribution in [2.75, 3.05) is 6.61 Å². The van der Waals surface area contributed by atoms with Crippen molar-refractivity contribution >= 4 is 10.0 Å². The van der Waals surface area contributed by atoms with Gasteiger partial charge in [0.1, 0.15) is 0 Å². The fourth-order valence-electron chi connectivity index (χ4n) is 2.98. The van der Waals surface area contributed by atoms with Gasteiger partial charge in [-0.3, -0.25) is 0 Å². The van der Waals surface area contributed by atoms with Gasteiger partial charge in [-0.05, 0) is 36.6 Å². The molecule has 3 aromatic carbocycles. The number of benzene rings is 3. The van der Waals surface area contributed by atoms with Crippen LogP contribution in [0.5, 0.6) is 0 Å². The van der Waals surface area contributed by atoms with Crippen molar-refractivity contribution in [1.82, 2.24) is 4.72 Å². The maximum absolute atomic E-state index is 12.8. The van der Waals surface area contributed by atoms with Crippen molar-refractivity contribution in [1.29, 1.82) is 0 Å². The summed E-state index contributed by atoms with van der Waals surface area (Å²) in [5.74, 6) is 0. The minimum Gasteiger partial charge on any atom is -0.376 e. The average molecular weight is 422 g/mol. The van der Waals surface area contributed by atoms with Crippen LogP contribution in [0.1, 0.15) is 29.2 Å². The lowest BCUT2D eigenvalue weighted by molar-refractivity contribution is 0.125. The number of hydrogen-bond donors (Lipinski definition) is 1. The molecule has 3 rings (SSSR count). The Morgan fingerprint density at radius 2 is 1.53 bits per heavy atom. The molecule has 0 aromatic heterocycles. The van der Waals surface area contributed by atoms with Gasteiger partial charge in [-0.25, -0.2) is 8.42 Å². The fraction of sp³-hybridized carbons (Fsp3) is 0.200. The fourth-order valence-corrected chi connectivity index (χ4v) is 4.16. The number of sulfonamides is 1. The standard InChI is InChI=1S/C25H27NO3S/c1-21-15-17-24(18-16-21)30(27,28)26-25(23-12-6-3-7-13-23)14-8-9-19-29-20-22-10-4-2-5-11-22/h2-8,10-18,25-26H,9,19-20H2,1H3/b14-8+. The third-order valence-corrected chi connectivity index (χ3v) is 6.10. The van der Waals surface area contributed by atoms with Gasteiger partial charge < -0.3 is 4.74 Å². The van der Waals surface area contributed by atoms with E-state index in [0.29, 0.717) is 19.6 Å². The maximum atomic E-state index is 12.8. The zero-order chi connectivity index (χ0) is 21.2. The molecule has 0 saturated carbocycles. The molecule has 0 heterocycles. The maximum Gasteiger partial charge on any atom is 0.241 e. The molecule has 0 aliphatic heterocycles. The zero-order valence-corrected chi connectivity index (χ0v) is 17.9. The van der Waals surface area contributed by atoms with Gasteiger partial charge in [0.2, 0.25) is 10.0 Å². The Labute approximate surface area is 179 Å². The third-order valence-electron chi connectivity index (χ3n) is 4.64. The Hall–Kier alpha value is -2.73. The first kappa shape index (κ1) is 22.0. The molecule has 156 valence electrons. The van der Waals surface area contributed by atoms with Crippen LogP contribution in [0.25, 0.3) is 0 Å². The summed E-state index contributed by atoms with van der Waals surface area (Å²) in [7, 11) is -3.64. The van der Waals surface area contributed by atoms with E-state index in [2.05, 4.69) is 4.72 Å². The molecule has 0 spiro atoms. The topological polar surface area (TPSA) is 55.4 Å². The number of ether oxygens (including phenoxy) is 1. The Morgan fingerprint density at radius 3 is 2.20 bits per heavy atom. The van der Waals surface area contributed by atoms with Gasteiger partial charge in [-0.1, -0.05) is 90.5 Å². The lowest BCUT2D eigenvalue weighted by atomic mass is 10.1. The first-order valence-electron chi connectivity index (χ1n) is 9.97. The molecule has 0 saturated heterocycles. The van der Waals surface area contributed by atoms with Gasteiger partial charge in [-0.2, -0.15) is 4.72 Å². The van der Waals surface area contributed by atoms with Crippen molar-refractivity contribution < 1.29 is 13.2 Å². The molecule has 1 unspecified atom stereocenters. The largest absolute Gasteiger partial charge is 0.376 e. The molecule has 5 heteroatoms. The van der Waals surface area contributed by atoms with Crippen LogP contribution in [0.15, 0.2) is 102 Å². The van der Waals surface area contributed by atoms with E-state index in [4.69, 9.17) is 4.74 Å². The molecule has 30 heavy (non-hydrogen) atoms. The molecule has 0 radical (unpaired) electrons. The second-order valence-corrected chi connectivity index (χ2v) is 8.79. The smallest absolute Gasteiger partial charge is 0.241 e. The summed E-state index contributed by atoms with van der Waals surface area (Å²) in [4.78, 5) is 0.258. The lowest BCUT2D eigenvalue weighted by Gasteiger charge is -2.16. The SMILES string of the molecule is Cc1ccc(S(=O)(=O)NC(/C=C/CCOCc2ccccc2)c2ccccc2)cc1. The monoisotopic (exact) mass is 421 g/mol. The van der Waals surface area contributed by atoms with Gasteiger partial charge >= 0.3 is 0 Å². The molecule has 1 N–H and O–H groups in total. The minimum atomic E-state index is -3.64. The number of rotatable bonds is 10. The molecule has 0 aliphatic rings. The van der Waals surface area contributed by atoms with E-state index < -0.39 is 16.1 Å². The summed E-state index contributed by atoms with van der Waals surface area (Å²) in [6, 6.07) is 26.0. The van der Waals surface area contributed by atoms with Crippen LogP contribution in [0.3, 0.4) is 0 Å². The molecule has 0 amide bonds. The first-order valence-corrected chi connectivity index (χ1v) is 11.5. The highest BCUT2D eigenvalue weighted by atomic mass is 32.2. The molecule has 0 aliphatic carbocycles. The normalized spacial score (nSPS) is 12.8. The van der Waals surface area contributed by atoms with Crippen LogP contribution in [0, 0.1) is 6.92 Å². The van der Waals surface area contributed by atoms with E-state index in [1.807, 2.05) is 79.7 Å².